The number of anilines is 1. The molecule has 0 aromatic heterocycles. The second kappa shape index (κ2) is 7.92. The lowest BCUT2D eigenvalue weighted by Crippen LogP contribution is -2.52. The third kappa shape index (κ3) is 5.09. The Morgan fingerprint density at radius 2 is 2.00 bits per heavy atom. The van der Waals surface area contributed by atoms with Crippen LogP contribution in [0.3, 0.4) is 0 Å². The summed E-state index contributed by atoms with van der Waals surface area (Å²) in [4.78, 5) is 12.3. The molecular weight excluding hydrogens is 308 g/mol. The third-order valence-electron chi connectivity index (χ3n) is 3.75. The Morgan fingerprint density at radius 1 is 1.33 bits per heavy atom. The summed E-state index contributed by atoms with van der Waals surface area (Å²) in [7, 11) is -0.887. The Hall–Kier alpha value is -0.910. The highest BCUT2D eigenvalue weighted by atomic mass is 35.5. The number of nitrogens with two attached hydrogens (primary N) is 1. The van der Waals surface area contributed by atoms with Gasteiger partial charge in [-0.05, 0) is 30.5 Å². The van der Waals surface area contributed by atoms with Crippen molar-refractivity contribution >= 4 is 34.8 Å². The molecule has 1 saturated carbocycles. The predicted molar refractivity (Wildman–Crippen MR) is 90.1 cm³/mol. The standard InChI is InChI=1S/C15H22N2O2S.ClH/c1-20(19)11-12-6-5-7-13(10-12)17-14(18)15(16)8-3-2-4-9-15;/h5-7,10H,2-4,8-9,11,16H2,1H3,(H,17,18);1H. The lowest BCUT2D eigenvalue weighted by molar-refractivity contribution is -0.122. The van der Waals surface area contributed by atoms with Gasteiger partial charge in [0.15, 0.2) is 0 Å². The Labute approximate surface area is 134 Å². The molecule has 1 aliphatic rings. The first kappa shape index (κ1) is 18.1. The van der Waals surface area contributed by atoms with E-state index in [0.717, 1.165) is 43.4 Å². The first-order valence-electron chi connectivity index (χ1n) is 6.99. The van der Waals surface area contributed by atoms with E-state index in [9.17, 15) is 9.00 Å². The number of hydrogen-bond acceptors (Lipinski definition) is 3. The van der Waals surface area contributed by atoms with Crippen LogP contribution in [0.1, 0.15) is 37.7 Å². The molecule has 1 aromatic rings. The van der Waals surface area contributed by atoms with Crippen molar-refractivity contribution in [2.24, 2.45) is 5.73 Å². The number of benzene rings is 1. The fourth-order valence-electron chi connectivity index (χ4n) is 2.64. The van der Waals surface area contributed by atoms with Gasteiger partial charge in [0.05, 0.1) is 5.54 Å². The van der Waals surface area contributed by atoms with E-state index in [1.807, 2.05) is 24.3 Å². The predicted octanol–water partition coefficient (Wildman–Crippen LogP) is 2.59. The van der Waals surface area contributed by atoms with Gasteiger partial charge in [-0.2, -0.15) is 0 Å². The smallest absolute Gasteiger partial charge is 0.244 e. The molecule has 1 atom stereocenters. The minimum Gasteiger partial charge on any atom is -0.324 e. The molecule has 1 aromatic carbocycles. The number of halogens is 1. The van der Waals surface area contributed by atoms with Gasteiger partial charge in [0, 0.05) is 28.5 Å². The highest BCUT2D eigenvalue weighted by Gasteiger charge is 2.35. The minimum atomic E-state index is -0.887. The Morgan fingerprint density at radius 3 is 2.62 bits per heavy atom. The van der Waals surface area contributed by atoms with Crippen LogP contribution in [0, 0.1) is 0 Å². The number of carbonyl (C=O) groups excluding carboxylic acids is 1. The van der Waals surface area contributed by atoms with Gasteiger partial charge in [-0.25, -0.2) is 0 Å². The van der Waals surface area contributed by atoms with Gasteiger partial charge in [-0.15, -0.1) is 12.4 Å². The van der Waals surface area contributed by atoms with Crippen LogP contribution in [0.5, 0.6) is 0 Å². The summed E-state index contributed by atoms with van der Waals surface area (Å²) in [6.07, 6.45) is 6.35. The average molecular weight is 331 g/mol. The van der Waals surface area contributed by atoms with E-state index in [0.29, 0.717) is 5.75 Å². The molecule has 1 fully saturated rings. The molecule has 3 N–H and O–H groups in total. The Balaban J connectivity index is 0.00000220. The van der Waals surface area contributed by atoms with Crippen LogP contribution < -0.4 is 11.1 Å². The van der Waals surface area contributed by atoms with Crippen molar-refractivity contribution in [3.8, 4) is 0 Å². The second-order valence-electron chi connectivity index (χ2n) is 5.59. The second-order valence-corrected chi connectivity index (χ2v) is 7.02. The van der Waals surface area contributed by atoms with Gasteiger partial charge < -0.3 is 11.1 Å². The van der Waals surface area contributed by atoms with Crippen molar-refractivity contribution in [3.63, 3.8) is 0 Å². The Bertz CT molecular complexity index is 516. The van der Waals surface area contributed by atoms with Gasteiger partial charge in [0.2, 0.25) is 5.91 Å². The monoisotopic (exact) mass is 330 g/mol. The van der Waals surface area contributed by atoms with Crippen LogP contribution >= 0.6 is 12.4 Å². The van der Waals surface area contributed by atoms with Gasteiger partial charge in [0.1, 0.15) is 0 Å². The lowest BCUT2D eigenvalue weighted by Gasteiger charge is -2.31. The SMILES string of the molecule is CS(=O)Cc1cccc(NC(=O)C2(N)CCCCC2)c1.Cl. The maximum absolute atomic E-state index is 12.3. The fourth-order valence-corrected chi connectivity index (χ4v) is 3.29. The van der Waals surface area contributed by atoms with E-state index >= 15 is 0 Å². The largest absolute Gasteiger partial charge is 0.324 e. The molecule has 118 valence electrons. The summed E-state index contributed by atoms with van der Waals surface area (Å²) >= 11 is 0. The van der Waals surface area contributed by atoms with Crippen molar-refractivity contribution in [1.29, 1.82) is 0 Å². The summed E-state index contributed by atoms with van der Waals surface area (Å²) < 4.78 is 11.2. The molecule has 0 aliphatic heterocycles. The first-order chi connectivity index (χ1) is 9.49. The molecule has 0 heterocycles. The van der Waals surface area contributed by atoms with Gasteiger partial charge >= 0.3 is 0 Å². The van der Waals surface area contributed by atoms with E-state index < -0.39 is 16.3 Å². The summed E-state index contributed by atoms with van der Waals surface area (Å²) in [6, 6.07) is 7.48. The van der Waals surface area contributed by atoms with Gasteiger partial charge in [-0.1, -0.05) is 31.4 Å². The van der Waals surface area contributed by atoms with Crippen LogP contribution in [0.25, 0.3) is 0 Å². The summed E-state index contributed by atoms with van der Waals surface area (Å²) in [5.74, 6) is 0.393. The average Bonchev–Trinajstić information content (AvgIpc) is 2.39. The molecule has 1 amide bonds. The zero-order valence-electron chi connectivity index (χ0n) is 12.3. The quantitative estimate of drug-likeness (QED) is 0.891. The number of hydrogen-bond donors (Lipinski definition) is 2. The highest BCUT2D eigenvalue weighted by molar-refractivity contribution is 7.83. The molecule has 0 radical (unpaired) electrons. The third-order valence-corrected chi connectivity index (χ3v) is 4.49. The zero-order valence-corrected chi connectivity index (χ0v) is 13.9. The minimum absolute atomic E-state index is 0. The maximum Gasteiger partial charge on any atom is 0.244 e. The number of rotatable bonds is 4. The fraction of sp³-hybridized carbons (Fsp3) is 0.533. The van der Waals surface area contributed by atoms with Crippen LogP contribution in [0.4, 0.5) is 5.69 Å². The van der Waals surface area contributed by atoms with Crippen LogP contribution in [0.2, 0.25) is 0 Å². The van der Waals surface area contributed by atoms with E-state index in [4.69, 9.17) is 5.73 Å². The topological polar surface area (TPSA) is 72.2 Å². The van der Waals surface area contributed by atoms with E-state index in [2.05, 4.69) is 5.32 Å². The van der Waals surface area contributed by atoms with Crippen LogP contribution in [0.15, 0.2) is 24.3 Å². The molecule has 0 bridgehead atoms. The molecule has 4 nitrogen and oxygen atoms in total. The summed E-state index contributed by atoms with van der Waals surface area (Å²) in [5.41, 5.74) is 7.16. The van der Waals surface area contributed by atoms with Gasteiger partial charge in [-0.3, -0.25) is 9.00 Å². The zero-order chi connectivity index (χ0) is 14.6. The Kier molecular flexibility index (Phi) is 6.84. The van der Waals surface area contributed by atoms with Crippen LogP contribution in [-0.4, -0.2) is 21.9 Å². The maximum atomic E-state index is 12.3. The van der Waals surface area contributed by atoms with E-state index in [1.165, 1.54) is 0 Å². The van der Waals surface area contributed by atoms with E-state index in [-0.39, 0.29) is 18.3 Å². The molecule has 1 aliphatic carbocycles. The first-order valence-corrected chi connectivity index (χ1v) is 8.72. The van der Waals surface area contributed by atoms with Crippen LogP contribution in [-0.2, 0) is 21.3 Å². The molecule has 2 rings (SSSR count). The molecule has 0 saturated heterocycles. The normalized spacial score (nSPS) is 18.4. The van der Waals surface area contributed by atoms with Crippen molar-refractivity contribution in [2.75, 3.05) is 11.6 Å². The summed E-state index contributed by atoms with van der Waals surface area (Å²) in [6.45, 7) is 0. The van der Waals surface area contributed by atoms with Crippen molar-refractivity contribution in [1.82, 2.24) is 0 Å². The van der Waals surface area contributed by atoms with Crippen molar-refractivity contribution < 1.29 is 9.00 Å². The summed E-state index contributed by atoms with van der Waals surface area (Å²) in [5, 5.41) is 2.90. The number of amides is 1. The van der Waals surface area contributed by atoms with Crippen molar-refractivity contribution in [2.45, 2.75) is 43.4 Å². The molecular formula is C15H23ClN2O2S. The lowest BCUT2D eigenvalue weighted by atomic mass is 9.82. The molecule has 6 heteroatoms. The molecule has 0 spiro atoms. The van der Waals surface area contributed by atoms with Gasteiger partial charge in [0.25, 0.3) is 0 Å². The highest BCUT2D eigenvalue weighted by Crippen LogP contribution is 2.27. The van der Waals surface area contributed by atoms with Crippen molar-refractivity contribution in [3.05, 3.63) is 29.8 Å². The number of nitrogens with one attached hydrogen (secondary N) is 1. The molecule has 1 unspecified atom stereocenters. The molecule has 21 heavy (non-hydrogen) atoms. The van der Waals surface area contributed by atoms with E-state index in [1.54, 1.807) is 6.26 Å². The number of carbonyl (C=O) groups is 1.